The van der Waals surface area contributed by atoms with Crippen molar-refractivity contribution >= 4 is 23.5 Å². The van der Waals surface area contributed by atoms with Crippen LogP contribution < -0.4 is 15.4 Å². The monoisotopic (exact) mass is 402 g/mol. The van der Waals surface area contributed by atoms with E-state index in [1.165, 1.54) is 19.3 Å². The standard InChI is InChI=1S/C21H26N2O6/c1-5-27-16-10-8-15(9-11-16)22-19(24)14(4)29-21(26)18(13(2)3)23-20(25)17-7-6-12-28-17/h6-14,18H,5H2,1-4H3,(H,22,24)(H,23,25)/t14?,18-/m0/s1. The van der Waals surface area contributed by atoms with E-state index in [9.17, 15) is 14.4 Å². The number of furan rings is 1. The van der Waals surface area contributed by atoms with Gasteiger partial charge in [0.25, 0.3) is 11.8 Å². The summed E-state index contributed by atoms with van der Waals surface area (Å²) in [6.07, 6.45) is 0.320. The molecule has 2 N–H and O–H groups in total. The topological polar surface area (TPSA) is 107 Å². The number of hydrogen-bond acceptors (Lipinski definition) is 6. The molecule has 8 nitrogen and oxygen atoms in total. The van der Waals surface area contributed by atoms with Gasteiger partial charge in [0.05, 0.1) is 12.9 Å². The lowest BCUT2D eigenvalue weighted by molar-refractivity contribution is -0.156. The first-order valence-electron chi connectivity index (χ1n) is 9.40. The number of carbonyl (C=O) groups is 3. The van der Waals surface area contributed by atoms with Gasteiger partial charge in [-0.25, -0.2) is 4.79 Å². The van der Waals surface area contributed by atoms with Crippen LogP contribution in [0.1, 0.15) is 38.2 Å². The Morgan fingerprint density at radius 2 is 1.76 bits per heavy atom. The first kappa shape index (κ1) is 22.0. The fraction of sp³-hybridized carbons (Fsp3) is 0.381. The predicted molar refractivity (Wildman–Crippen MR) is 107 cm³/mol. The number of nitrogens with one attached hydrogen (secondary N) is 2. The van der Waals surface area contributed by atoms with E-state index in [1.807, 2.05) is 6.92 Å². The van der Waals surface area contributed by atoms with Crippen molar-refractivity contribution in [2.75, 3.05) is 11.9 Å². The Hall–Kier alpha value is -3.29. The Kier molecular flexibility index (Phi) is 7.82. The van der Waals surface area contributed by atoms with Crippen LogP contribution in [0.25, 0.3) is 0 Å². The first-order valence-corrected chi connectivity index (χ1v) is 9.40. The van der Waals surface area contributed by atoms with Crippen molar-refractivity contribution in [3.05, 3.63) is 48.4 Å². The summed E-state index contributed by atoms with van der Waals surface area (Å²) in [4.78, 5) is 37.0. The zero-order valence-corrected chi connectivity index (χ0v) is 16.9. The van der Waals surface area contributed by atoms with Crippen molar-refractivity contribution in [1.29, 1.82) is 0 Å². The van der Waals surface area contributed by atoms with Crippen LogP contribution in [0.3, 0.4) is 0 Å². The Morgan fingerprint density at radius 1 is 1.07 bits per heavy atom. The summed E-state index contributed by atoms with van der Waals surface area (Å²) in [5, 5.41) is 5.25. The quantitative estimate of drug-likeness (QED) is 0.625. The molecule has 0 saturated carbocycles. The van der Waals surface area contributed by atoms with Gasteiger partial charge in [-0.1, -0.05) is 13.8 Å². The summed E-state index contributed by atoms with van der Waals surface area (Å²) < 4.78 is 15.6. The largest absolute Gasteiger partial charge is 0.494 e. The Morgan fingerprint density at radius 3 is 2.31 bits per heavy atom. The van der Waals surface area contributed by atoms with Gasteiger partial charge >= 0.3 is 5.97 Å². The SMILES string of the molecule is CCOc1ccc(NC(=O)C(C)OC(=O)[C@@H](NC(=O)c2ccco2)C(C)C)cc1. The lowest BCUT2D eigenvalue weighted by Crippen LogP contribution is -2.47. The molecule has 156 valence electrons. The Bertz CT molecular complexity index is 814. The van der Waals surface area contributed by atoms with Crippen LogP contribution in [0.4, 0.5) is 5.69 Å². The van der Waals surface area contributed by atoms with Crippen LogP contribution in [0.5, 0.6) is 5.75 Å². The molecular weight excluding hydrogens is 376 g/mol. The lowest BCUT2D eigenvalue weighted by Gasteiger charge is -2.22. The fourth-order valence-electron chi connectivity index (χ4n) is 2.46. The Labute approximate surface area is 169 Å². The summed E-state index contributed by atoms with van der Waals surface area (Å²) in [6.45, 7) is 7.42. The zero-order chi connectivity index (χ0) is 21.4. The van der Waals surface area contributed by atoms with Gasteiger partial charge in [-0.15, -0.1) is 0 Å². The second-order valence-corrected chi connectivity index (χ2v) is 6.70. The highest BCUT2D eigenvalue weighted by atomic mass is 16.5. The smallest absolute Gasteiger partial charge is 0.329 e. The fourth-order valence-corrected chi connectivity index (χ4v) is 2.46. The van der Waals surface area contributed by atoms with Crippen molar-refractivity contribution in [3.63, 3.8) is 0 Å². The van der Waals surface area contributed by atoms with Crippen molar-refractivity contribution in [2.45, 2.75) is 39.8 Å². The number of ether oxygens (including phenoxy) is 2. The van der Waals surface area contributed by atoms with Crippen LogP contribution >= 0.6 is 0 Å². The van der Waals surface area contributed by atoms with Crippen molar-refractivity contribution < 1.29 is 28.3 Å². The van der Waals surface area contributed by atoms with E-state index in [-0.39, 0.29) is 11.7 Å². The minimum absolute atomic E-state index is 0.0877. The van der Waals surface area contributed by atoms with Gasteiger partial charge in [-0.2, -0.15) is 0 Å². The number of carbonyl (C=O) groups excluding carboxylic acids is 3. The second kappa shape index (κ2) is 10.3. The van der Waals surface area contributed by atoms with E-state index < -0.39 is 29.9 Å². The number of benzene rings is 1. The third-order valence-corrected chi connectivity index (χ3v) is 4.05. The Balaban J connectivity index is 1.93. The molecule has 0 bridgehead atoms. The molecule has 1 heterocycles. The highest BCUT2D eigenvalue weighted by Gasteiger charge is 2.29. The molecule has 0 aliphatic heterocycles. The van der Waals surface area contributed by atoms with E-state index in [2.05, 4.69) is 10.6 Å². The number of anilines is 1. The molecule has 0 fully saturated rings. The third kappa shape index (κ3) is 6.38. The van der Waals surface area contributed by atoms with Crippen molar-refractivity contribution in [3.8, 4) is 5.75 Å². The molecule has 2 rings (SSSR count). The molecule has 2 aromatic rings. The van der Waals surface area contributed by atoms with Gasteiger partial charge in [0.2, 0.25) is 0 Å². The normalized spacial score (nSPS) is 12.7. The minimum Gasteiger partial charge on any atom is -0.494 e. The van der Waals surface area contributed by atoms with Gasteiger partial charge in [-0.05, 0) is 56.2 Å². The molecule has 0 aliphatic carbocycles. The molecule has 1 aromatic heterocycles. The molecule has 8 heteroatoms. The molecule has 2 amide bonds. The number of amides is 2. The summed E-state index contributed by atoms with van der Waals surface area (Å²) in [5.41, 5.74) is 0.549. The predicted octanol–water partition coefficient (Wildman–Crippen LogP) is 3.00. The molecule has 2 atom stereocenters. The highest BCUT2D eigenvalue weighted by Crippen LogP contribution is 2.16. The zero-order valence-electron chi connectivity index (χ0n) is 16.9. The van der Waals surface area contributed by atoms with Gasteiger partial charge < -0.3 is 24.5 Å². The van der Waals surface area contributed by atoms with E-state index in [4.69, 9.17) is 13.9 Å². The maximum atomic E-state index is 12.5. The summed E-state index contributed by atoms with van der Waals surface area (Å²) in [5.74, 6) is -1.18. The van der Waals surface area contributed by atoms with E-state index >= 15 is 0 Å². The molecular formula is C21H26N2O6. The van der Waals surface area contributed by atoms with E-state index in [0.717, 1.165) is 0 Å². The third-order valence-electron chi connectivity index (χ3n) is 4.05. The molecule has 0 saturated heterocycles. The van der Waals surface area contributed by atoms with Crippen LogP contribution in [0, 0.1) is 5.92 Å². The number of esters is 1. The molecule has 1 aromatic carbocycles. The molecule has 1 unspecified atom stereocenters. The molecule has 0 spiro atoms. The van der Waals surface area contributed by atoms with Gasteiger partial charge in [0, 0.05) is 5.69 Å². The number of hydrogen-bond donors (Lipinski definition) is 2. The lowest BCUT2D eigenvalue weighted by atomic mass is 10.0. The second-order valence-electron chi connectivity index (χ2n) is 6.70. The summed E-state index contributed by atoms with van der Waals surface area (Å²) >= 11 is 0. The average Bonchev–Trinajstić information content (AvgIpc) is 3.22. The summed E-state index contributed by atoms with van der Waals surface area (Å²) in [7, 11) is 0. The van der Waals surface area contributed by atoms with Crippen LogP contribution in [0.2, 0.25) is 0 Å². The molecule has 29 heavy (non-hydrogen) atoms. The first-order chi connectivity index (χ1) is 13.8. The van der Waals surface area contributed by atoms with Crippen LogP contribution in [-0.4, -0.2) is 36.5 Å². The van der Waals surface area contributed by atoms with E-state index in [0.29, 0.717) is 18.0 Å². The van der Waals surface area contributed by atoms with Gasteiger partial charge in [0.15, 0.2) is 11.9 Å². The maximum absolute atomic E-state index is 12.5. The summed E-state index contributed by atoms with van der Waals surface area (Å²) in [6, 6.07) is 8.99. The van der Waals surface area contributed by atoms with Gasteiger partial charge in [-0.3, -0.25) is 9.59 Å². The van der Waals surface area contributed by atoms with E-state index in [1.54, 1.807) is 44.2 Å². The molecule has 0 aliphatic rings. The van der Waals surface area contributed by atoms with Crippen molar-refractivity contribution in [1.82, 2.24) is 5.32 Å². The number of rotatable bonds is 9. The van der Waals surface area contributed by atoms with Gasteiger partial charge in [0.1, 0.15) is 11.8 Å². The van der Waals surface area contributed by atoms with Crippen LogP contribution in [-0.2, 0) is 14.3 Å². The minimum atomic E-state index is -1.05. The van der Waals surface area contributed by atoms with Crippen molar-refractivity contribution in [2.24, 2.45) is 5.92 Å². The molecule has 0 radical (unpaired) electrons. The van der Waals surface area contributed by atoms with Crippen LogP contribution in [0.15, 0.2) is 47.1 Å². The maximum Gasteiger partial charge on any atom is 0.329 e. The highest BCUT2D eigenvalue weighted by molar-refractivity contribution is 5.97. The average molecular weight is 402 g/mol.